The molecule has 0 aliphatic heterocycles. The van der Waals surface area contributed by atoms with Gasteiger partial charge in [-0.1, -0.05) is 139 Å². The topological polar surface area (TPSA) is 0 Å². The molecular formula is C52H68F2S. The molecule has 0 spiro atoms. The van der Waals surface area contributed by atoms with E-state index in [-0.39, 0.29) is 22.1 Å². The Balaban J connectivity index is 1.36. The lowest BCUT2D eigenvalue weighted by molar-refractivity contribution is 0.318. The van der Waals surface area contributed by atoms with Crippen molar-refractivity contribution in [1.29, 1.82) is 0 Å². The van der Waals surface area contributed by atoms with Crippen LogP contribution in [0.2, 0.25) is 0 Å². The van der Waals surface area contributed by atoms with Crippen molar-refractivity contribution in [2.75, 3.05) is 0 Å². The van der Waals surface area contributed by atoms with Crippen molar-refractivity contribution in [3.63, 3.8) is 0 Å². The van der Waals surface area contributed by atoms with E-state index in [1.54, 1.807) is 11.8 Å². The van der Waals surface area contributed by atoms with Gasteiger partial charge in [0.05, 0.1) is 10.5 Å². The van der Waals surface area contributed by atoms with Gasteiger partial charge in [-0.3, -0.25) is 0 Å². The van der Waals surface area contributed by atoms with Gasteiger partial charge in [0, 0.05) is 11.1 Å². The Morgan fingerprint density at radius 2 is 0.873 bits per heavy atom. The predicted octanol–water partition coefficient (Wildman–Crippen LogP) is 16.4. The molecule has 2 atom stereocenters. The summed E-state index contributed by atoms with van der Waals surface area (Å²) in [5.74, 6) is 2.19. The van der Waals surface area contributed by atoms with E-state index in [0.717, 1.165) is 72.6 Å². The predicted molar refractivity (Wildman–Crippen MR) is 233 cm³/mol. The highest BCUT2D eigenvalue weighted by Gasteiger charge is 2.30. The molecule has 0 aromatic heterocycles. The molecule has 6 rings (SSSR count). The summed E-state index contributed by atoms with van der Waals surface area (Å²) in [5.41, 5.74) is 8.46. The van der Waals surface area contributed by atoms with Gasteiger partial charge in [-0.15, -0.1) is 11.8 Å². The van der Waals surface area contributed by atoms with E-state index in [9.17, 15) is 0 Å². The van der Waals surface area contributed by atoms with E-state index in [4.69, 9.17) is 0 Å². The van der Waals surface area contributed by atoms with Crippen LogP contribution in [0.25, 0.3) is 0 Å². The lowest BCUT2D eigenvalue weighted by atomic mass is 9.77. The second kappa shape index (κ2) is 21.0. The number of halogens is 2. The van der Waals surface area contributed by atoms with Gasteiger partial charge in [-0.05, 0) is 146 Å². The highest BCUT2D eigenvalue weighted by Crippen LogP contribution is 2.50. The lowest BCUT2D eigenvalue weighted by Gasteiger charge is -2.30. The third-order valence-electron chi connectivity index (χ3n) is 13.4. The Bertz CT molecular complexity index is 1600. The summed E-state index contributed by atoms with van der Waals surface area (Å²) in [7, 11) is 0. The maximum atomic E-state index is 16.7. The zero-order chi connectivity index (χ0) is 38.6. The van der Waals surface area contributed by atoms with Crippen LogP contribution in [0.4, 0.5) is 8.78 Å². The van der Waals surface area contributed by atoms with Crippen LogP contribution >= 0.6 is 11.8 Å². The first-order valence-electron chi connectivity index (χ1n) is 22.3. The van der Waals surface area contributed by atoms with Crippen molar-refractivity contribution in [2.24, 2.45) is 11.8 Å². The van der Waals surface area contributed by atoms with E-state index >= 15 is 8.78 Å². The van der Waals surface area contributed by atoms with Gasteiger partial charge in [-0.25, -0.2) is 8.78 Å². The van der Waals surface area contributed by atoms with Gasteiger partial charge in [-0.2, -0.15) is 0 Å². The minimum atomic E-state index is -0.299. The fourth-order valence-electron chi connectivity index (χ4n) is 9.50. The van der Waals surface area contributed by atoms with Crippen molar-refractivity contribution < 1.29 is 8.78 Å². The Morgan fingerprint density at radius 1 is 0.491 bits per heavy atom. The monoisotopic (exact) mass is 763 g/mol. The van der Waals surface area contributed by atoms with Gasteiger partial charge in [0.15, 0.2) is 0 Å². The molecule has 0 saturated heterocycles. The molecule has 0 heterocycles. The van der Waals surface area contributed by atoms with Crippen molar-refractivity contribution in [1.82, 2.24) is 0 Å². The SMILES string of the molecule is CCCCCc1ccc(C(SC(c2ccc(CCCCC)cc2)c2ccc(C3CCC(CC)CC3)cc2F)c2ccc(C3CCC(CC)CC3)cc2F)cc1. The molecule has 3 heteroatoms. The summed E-state index contributed by atoms with van der Waals surface area (Å²) in [5, 5.41) is -0.598. The molecule has 4 aromatic carbocycles. The number of benzene rings is 4. The highest BCUT2D eigenvalue weighted by molar-refractivity contribution is 8.00. The average molecular weight is 763 g/mol. The summed E-state index contributed by atoms with van der Waals surface area (Å²) in [4.78, 5) is 0. The van der Waals surface area contributed by atoms with Crippen LogP contribution in [-0.2, 0) is 12.8 Å². The largest absolute Gasteiger partial charge is 0.207 e. The number of aryl methyl sites for hydroxylation is 2. The van der Waals surface area contributed by atoms with E-state index in [1.165, 1.54) is 88.2 Å². The first-order valence-corrected chi connectivity index (χ1v) is 23.3. The zero-order valence-corrected chi connectivity index (χ0v) is 35.3. The highest BCUT2D eigenvalue weighted by atomic mass is 32.2. The van der Waals surface area contributed by atoms with Crippen LogP contribution in [0, 0.1) is 23.5 Å². The molecule has 0 N–H and O–H groups in total. The third kappa shape index (κ3) is 11.1. The van der Waals surface area contributed by atoms with E-state index in [1.807, 2.05) is 12.1 Å². The van der Waals surface area contributed by atoms with E-state index in [0.29, 0.717) is 23.0 Å². The van der Waals surface area contributed by atoms with Crippen LogP contribution in [0.15, 0.2) is 84.9 Å². The van der Waals surface area contributed by atoms with Crippen molar-refractivity contribution >= 4 is 11.8 Å². The summed E-state index contributed by atoms with van der Waals surface area (Å²) in [6, 6.07) is 30.0. The number of unbranched alkanes of at least 4 members (excludes halogenated alkanes) is 4. The minimum Gasteiger partial charge on any atom is -0.207 e. The van der Waals surface area contributed by atoms with Gasteiger partial charge < -0.3 is 0 Å². The molecule has 0 amide bonds. The van der Waals surface area contributed by atoms with Crippen LogP contribution < -0.4 is 0 Å². The number of thioether (sulfide) groups is 1. The third-order valence-corrected chi connectivity index (χ3v) is 15.0. The second-order valence-electron chi connectivity index (χ2n) is 17.1. The molecule has 2 aliphatic rings. The van der Waals surface area contributed by atoms with Crippen LogP contribution in [0.5, 0.6) is 0 Å². The first-order chi connectivity index (χ1) is 26.9. The van der Waals surface area contributed by atoms with Gasteiger partial charge >= 0.3 is 0 Å². The smallest absolute Gasteiger partial charge is 0.128 e. The Hall–Kier alpha value is -2.91. The quantitative estimate of drug-likeness (QED) is 0.0910. The van der Waals surface area contributed by atoms with Crippen LogP contribution in [-0.4, -0.2) is 0 Å². The van der Waals surface area contributed by atoms with E-state index in [2.05, 4.69) is 100 Å². The number of hydrogen-bond donors (Lipinski definition) is 0. The standard InChI is InChI=1S/C52H68F2S/c1-5-9-11-13-39-19-27-43(28-20-39)51(47-33-31-45(35-49(47)53)41-23-15-37(7-3)16-24-41)55-52(44-29-21-40(22-30-44)14-12-10-6-2)48-34-32-46(36-50(48)54)42-25-17-38(8-4)18-26-42/h19-22,27-38,41-42,51-52H,5-18,23-26H2,1-4H3. The Labute approximate surface area is 337 Å². The van der Waals surface area contributed by atoms with Crippen LogP contribution in [0.1, 0.15) is 197 Å². The summed E-state index contributed by atoms with van der Waals surface area (Å²) in [6.45, 7) is 9.07. The second-order valence-corrected chi connectivity index (χ2v) is 18.3. The fourth-order valence-corrected chi connectivity index (χ4v) is 11.1. The molecule has 0 radical (unpaired) electrons. The molecule has 296 valence electrons. The Morgan fingerprint density at radius 3 is 1.20 bits per heavy atom. The number of rotatable bonds is 18. The minimum absolute atomic E-state index is 0.136. The molecule has 0 bridgehead atoms. The van der Waals surface area contributed by atoms with Crippen molar-refractivity contribution in [3.8, 4) is 0 Å². The molecule has 0 nitrogen and oxygen atoms in total. The van der Waals surface area contributed by atoms with Crippen molar-refractivity contribution in [2.45, 2.75) is 166 Å². The Kier molecular flexibility index (Phi) is 15.9. The maximum absolute atomic E-state index is 16.7. The van der Waals surface area contributed by atoms with Crippen molar-refractivity contribution in [3.05, 3.63) is 141 Å². The fraction of sp³-hybridized carbons (Fsp3) is 0.538. The molecule has 2 fully saturated rings. The number of hydrogen-bond acceptors (Lipinski definition) is 1. The molecule has 2 aliphatic carbocycles. The zero-order valence-electron chi connectivity index (χ0n) is 34.4. The average Bonchev–Trinajstić information content (AvgIpc) is 3.23. The summed E-state index contributed by atoms with van der Waals surface area (Å²) < 4.78 is 33.5. The molecular weight excluding hydrogens is 695 g/mol. The van der Waals surface area contributed by atoms with E-state index < -0.39 is 0 Å². The summed E-state index contributed by atoms with van der Waals surface area (Å²) in [6.07, 6.45) is 21.3. The molecule has 2 saturated carbocycles. The summed E-state index contributed by atoms with van der Waals surface area (Å²) >= 11 is 1.69. The molecule has 55 heavy (non-hydrogen) atoms. The molecule has 4 aromatic rings. The first kappa shape index (κ1) is 41.7. The maximum Gasteiger partial charge on any atom is 0.128 e. The molecule has 2 unspecified atom stereocenters. The lowest BCUT2D eigenvalue weighted by Crippen LogP contribution is -2.14. The van der Waals surface area contributed by atoms with Gasteiger partial charge in [0.25, 0.3) is 0 Å². The normalized spacial score (nSPS) is 21.3. The van der Waals surface area contributed by atoms with Gasteiger partial charge in [0.2, 0.25) is 0 Å². The van der Waals surface area contributed by atoms with Crippen LogP contribution in [0.3, 0.4) is 0 Å². The van der Waals surface area contributed by atoms with Gasteiger partial charge in [0.1, 0.15) is 11.6 Å².